The van der Waals surface area contributed by atoms with Crippen molar-refractivity contribution in [1.82, 2.24) is 10.2 Å². The highest BCUT2D eigenvalue weighted by Gasteiger charge is 2.18. The predicted octanol–water partition coefficient (Wildman–Crippen LogP) is 0.0748. The van der Waals surface area contributed by atoms with E-state index < -0.39 is 0 Å². The first-order chi connectivity index (χ1) is 7.09. The van der Waals surface area contributed by atoms with Crippen LogP contribution in [0, 0.1) is 11.8 Å². The number of carbonyl (C=O) groups excluding carboxylic acids is 1. The van der Waals surface area contributed by atoms with Crippen LogP contribution in [0.25, 0.3) is 0 Å². The fraction of sp³-hybridized carbons (Fsp3) is 0.700. The Kier molecular flexibility index (Phi) is 4.39. The number of nitrogens with zero attached hydrogens (tertiary/aromatic N) is 1. The smallest absolute Gasteiger partial charge is 0.226 e. The van der Waals surface area contributed by atoms with Gasteiger partial charge in [0, 0.05) is 19.1 Å². The zero-order valence-electron chi connectivity index (χ0n) is 9.12. The van der Waals surface area contributed by atoms with Crippen LogP contribution in [0.1, 0.15) is 26.2 Å². The third-order valence-electron chi connectivity index (χ3n) is 2.47. The first-order valence-electron chi connectivity index (χ1n) is 5.32. The summed E-state index contributed by atoms with van der Waals surface area (Å²) in [6.07, 6.45) is 4.50. The van der Waals surface area contributed by atoms with Gasteiger partial charge in [-0.15, -0.1) is 0 Å². The fourth-order valence-corrected chi connectivity index (χ4v) is 1.67. The fourth-order valence-electron chi connectivity index (χ4n) is 1.67. The summed E-state index contributed by atoms with van der Waals surface area (Å²) in [5.41, 5.74) is 5.18. The Morgan fingerprint density at radius 3 is 2.73 bits per heavy atom. The second-order valence-electron chi connectivity index (χ2n) is 3.93. The molecule has 1 radical (unpaired) electrons. The van der Waals surface area contributed by atoms with E-state index in [1.54, 1.807) is 6.42 Å². The van der Waals surface area contributed by atoms with Gasteiger partial charge < -0.3 is 16.0 Å². The van der Waals surface area contributed by atoms with Gasteiger partial charge >= 0.3 is 0 Å². The van der Waals surface area contributed by atoms with Gasteiger partial charge in [-0.05, 0) is 26.2 Å². The molecule has 0 saturated carbocycles. The second-order valence-corrected chi connectivity index (χ2v) is 3.93. The zero-order valence-corrected chi connectivity index (χ0v) is 9.12. The predicted molar refractivity (Wildman–Crippen MR) is 59.2 cm³/mol. The molecule has 1 heterocycles. The average Bonchev–Trinajstić information content (AvgIpc) is 2.65. The Morgan fingerprint density at radius 1 is 1.60 bits per heavy atom. The number of hydrogen-bond donors (Lipinski definition) is 3. The number of nitrogens with one attached hydrogen (secondary N) is 2. The van der Waals surface area contributed by atoms with Gasteiger partial charge in [-0.25, -0.2) is 0 Å². The lowest BCUT2D eigenvalue weighted by Gasteiger charge is -2.17. The summed E-state index contributed by atoms with van der Waals surface area (Å²) in [5.74, 6) is 0.0502. The van der Waals surface area contributed by atoms with Crippen molar-refractivity contribution < 1.29 is 4.79 Å². The summed E-state index contributed by atoms with van der Waals surface area (Å²) < 4.78 is 0. The van der Waals surface area contributed by atoms with Crippen molar-refractivity contribution in [2.24, 2.45) is 5.73 Å². The van der Waals surface area contributed by atoms with Crippen LogP contribution in [0.2, 0.25) is 0 Å². The van der Waals surface area contributed by atoms with Crippen molar-refractivity contribution in [1.29, 1.82) is 5.41 Å². The number of nitrogens with two attached hydrogens (primary N) is 1. The SMILES string of the molecule is CC(C[CH]C(=O)N1CCCC1)NC(=N)N. The van der Waals surface area contributed by atoms with Crippen LogP contribution in [0.15, 0.2) is 0 Å². The maximum atomic E-state index is 11.6. The summed E-state index contributed by atoms with van der Waals surface area (Å²) >= 11 is 0. The second kappa shape index (κ2) is 5.58. The van der Waals surface area contributed by atoms with Gasteiger partial charge in [0.25, 0.3) is 0 Å². The third-order valence-corrected chi connectivity index (χ3v) is 2.47. The average molecular weight is 211 g/mol. The minimum atomic E-state index is -0.0514. The molecule has 1 fully saturated rings. The van der Waals surface area contributed by atoms with Gasteiger partial charge in [-0.2, -0.15) is 0 Å². The summed E-state index contributed by atoms with van der Waals surface area (Å²) in [6.45, 7) is 3.66. The third kappa shape index (κ3) is 4.18. The van der Waals surface area contributed by atoms with E-state index in [4.69, 9.17) is 11.1 Å². The highest BCUT2D eigenvalue weighted by Crippen LogP contribution is 2.09. The number of likely N-dealkylation sites (tertiary alicyclic amines) is 1. The molecule has 1 saturated heterocycles. The normalized spacial score (nSPS) is 17.5. The van der Waals surface area contributed by atoms with Gasteiger partial charge in [0.15, 0.2) is 5.96 Å². The Labute approximate surface area is 90.5 Å². The van der Waals surface area contributed by atoms with E-state index in [1.165, 1.54) is 0 Å². The van der Waals surface area contributed by atoms with Gasteiger partial charge in [-0.1, -0.05) is 0 Å². The van der Waals surface area contributed by atoms with Crippen LogP contribution in [0.3, 0.4) is 0 Å². The number of guanidine groups is 1. The molecular weight excluding hydrogens is 192 g/mol. The van der Waals surface area contributed by atoms with E-state index in [0.717, 1.165) is 25.9 Å². The van der Waals surface area contributed by atoms with Crippen LogP contribution < -0.4 is 11.1 Å². The van der Waals surface area contributed by atoms with Crippen LogP contribution in [-0.2, 0) is 4.79 Å². The molecule has 5 nitrogen and oxygen atoms in total. The summed E-state index contributed by atoms with van der Waals surface area (Å²) in [5, 5.41) is 9.78. The first kappa shape index (κ1) is 11.8. The molecule has 1 rings (SSSR count). The van der Waals surface area contributed by atoms with Crippen LogP contribution >= 0.6 is 0 Å². The van der Waals surface area contributed by atoms with Crippen molar-refractivity contribution in [3.8, 4) is 0 Å². The van der Waals surface area contributed by atoms with Crippen molar-refractivity contribution in [3.05, 3.63) is 6.42 Å². The Morgan fingerprint density at radius 2 is 2.20 bits per heavy atom. The van der Waals surface area contributed by atoms with E-state index >= 15 is 0 Å². The minimum Gasteiger partial charge on any atom is -0.370 e. The molecule has 1 atom stereocenters. The molecular formula is C10H19N4O. The molecule has 0 aromatic heterocycles. The zero-order chi connectivity index (χ0) is 11.3. The van der Waals surface area contributed by atoms with E-state index in [1.807, 2.05) is 11.8 Å². The van der Waals surface area contributed by atoms with Gasteiger partial charge in [0.1, 0.15) is 0 Å². The Hall–Kier alpha value is -1.26. The van der Waals surface area contributed by atoms with Crippen molar-refractivity contribution in [2.45, 2.75) is 32.2 Å². The maximum Gasteiger partial charge on any atom is 0.226 e. The molecule has 1 unspecified atom stereocenters. The first-order valence-corrected chi connectivity index (χ1v) is 5.32. The molecule has 1 aliphatic heterocycles. The maximum absolute atomic E-state index is 11.6. The van der Waals surface area contributed by atoms with Gasteiger partial charge in [-0.3, -0.25) is 10.2 Å². The molecule has 0 aliphatic carbocycles. The number of carbonyl (C=O) groups is 1. The molecule has 0 aromatic rings. The van der Waals surface area contributed by atoms with Crippen LogP contribution in [0.4, 0.5) is 0 Å². The van der Waals surface area contributed by atoms with E-state index in [2.05, 4.69) is 5.32 Å². The lowest BCUT2D eigenvalue weighted by molar-refractivity contribution is -0.126. The quantitative estimate of drug-likeness (QED) is 0.455. The standard InChI is InChI=1S/C10H19N4O/c1-8(13-10(11)12)4-5-9(15)14-6-2-3-7-14/h5,8H,2-4,6-7H2,1H3,(H4,11,12,13). The van der Waals surface area contributed by atoms with Crippen molar-refractivity contribution in [3.63, 3.8) is 0 Å². The summed E-state index contributed by atoms with van der Waals surface area (Å²) in [4.78, 5) is 13.5. The van der Waals surface area contributed by atoms with E-state index in [0.29, 0.717) is 6.42 Å². The minimum absolute atomic E-state index is 0.0362. The molecule has 0 spiro atoms. The molecule has 0 aromatic carbocycles. The van der Waals surface area contributed by atoms with Crippen LogP contribution in [0.5, 0.6) is 0 Å². The topological polar surface area (TPSA) is 82.2 Å². The van der Waals surface area contributed by atoms with Crippen molar-refractivity contribution in [2.75, 3.05) is 13.1 Å². The lowest BCUT2D eigenvalue weighted by atomic mass is 10.1. The molecule has 4 N–H and O–H groups in total. The van der Waals surface area contributed by atoms with Crippen molar-refractivity contribution >= 4 is 11.9 Å². The highest BCUT2D eigenvalue weighted by molar-refractivity contribution is 5.85. The molecule has 15 heavy (non-hydrogen) atoms. The number of hydrogen-bond acceptors (Lipinski definition) is 2. The molecule has 85 valence electrons. The highest BCUT2D eigenvalue weighted by atomic mass is 16.2. The molecule has 1 aliphatic rings. The Bertz CT molecular complexity index is 236. The Balaban J connectivity index is 2.18. The number of amides is 1. The monoisotopic (exact) mass is 211 g/mol. The lowest BCUT2D eigenvalue weighted by Crippen LogP contribution is -2.38. The van der Waals surface area contributed by atoms with E-state index in [9.17, 15) is 4.79 Å². The van der Waals surface area contributed by atoms with Gasteiger partial charge in [0.2, 0.25) is 5.91 Å². The number of rotatable bonds is 4. The summed E-state index contributed by atoms with van der Waals surface area (Å²) in [7, 11) is 0. The van der Waals surface area contributed by atoms with E-state index in [-0.39, 0.29) is 17.9 Å². The van der Waals surface area contributed by atoms with Gasteiger partial charge in [0.05, 0.1) is 6.42 Å². The molecule has 0 bridgehead atoms. The van der Waals surface area contributed by atoms with Crippen LogP contribution in [-0.4, -0.2) is 35.9 Å². The molecule has 5 heteroatoms. The largest absolute Gasteiger partial charge is 0.370 e. The molecule has 1 amide bonds. The summed E-state index contributed by atoms with van der Waals surface area (Å²) in [6, 6.07) is 0.0362.